The fraction of sp³-hybridized carbons (Fsp3) is 0.556. The Hall–Kier alpha value is -0.903. The number of aliphatic hydroxyl groups is 2. The van der Waals surface area contributed by atoms with Gasteiger partial charge in [-0.2, -0.15) is 0 Å². The number of unbranched alkanes of at least 4 members (excludes halogenated alkanes) is 1. The SMILES string of the molecule is CCCCC(O)/C(=C/[Si](C)(C)C)CC(O)c1ccccc1. The van der Waals surface area contributed by atoms with Crippen LogP contribution in [0.3, 0.4) is 0 Å². The van der Waals surface area contributed by atoms with Crippen molar-refractivity contribution in [3.63, 3.8) is 0 Å². The van der Waals surface area contributed by atoms with Gasteiger partial charge in [0.05, 0.1) is 20.3 Å². The predicted molar refractivity (Wildman–Crippen MR) is 93.0 cm³/mol. The molecule has 0 bridgehead atoms. The monoisotopic (exact) mass is 306 g/mol. The summed E-state index contributed by atoms with van der Waals surface area (Å²) in [5, 5.41) is 20.9. The lowest BCUT2D eigenvalue weighted by Crippen LogP contribution is -2.22. The minimum atomic E-state index is -1.42. The van der Waals surface area contributed by atoms with Crippen molar-refractivity contribution >= 4 is 8.07 Å². The summed E-state index contributed by atoms with van der Waals surface area (Å²) in [6, 6.07) is 9.71. The second kappa shape index (κ2) is 8.52. The van der Waals surface area contributed by atoms with Gasteiger partial charge in [0.15, 0.2) is 0 Å². The molecule has 2 unspecified atom stereocenters. The number of hydrogen-bond donors (Lipinski definition) is 2. The topological polar surface area (TPSA) is 40.5 Å². The van der Waals surface area contributed by atoms with Crippen LogP contribution in [0.5, 0.6) is 0 Å². The highest BCUT2D eigenvalue weighted by atomic mass is 28.3. The maximum absolute atomic E-state index is 10.4. The van der Waals surface area contributed by atoms with Crippen LogP contribution < -0.4 is 0 Å². The Balaban J connectivity index is 2.85. The molecule has 1 rings (SSSR count). The maximum Gasteiger partial charge on any atom is 0.0827 e. The van der Waals surface area contributed by atoms with Gasteiger partial charge < -0.3 is 10.2 Å². The average molecular weight is 307 g/mol. The third-order valence-electron chi connectivity index (χ3n) is 3.49. The lowest BCUT2D eigenvalue weighted by Gasteiger charge is -2.22. The molecule has 0 fully saturated rings. The van der Waals surface area contributed by atoms with E-state index in [1.807, 2.05) is 30.3 Å². The van der Waals surface area contributed by atoms with Gasteiger partial charge in [0.2, 0.25) is 0 Å². The minimum Gasteiger partial charge on any atom is -0.389 e. The van der Waals surface area contributed by atoms with Gasteiger partial charge in [0, 0.05) is 6.42 Å². The molecule has 1 aromatic rings. The van der Waals surface area contributed by atoms with Crippen LogP contribution in [-0.4, -0.2) is 24.4 Å². The summed E-state index contributed by atoms with van der Waals surface area (Å²) in [4.78, 5) is 0. The van der Waals surface area contributed by atoms with Gasteiger partial charge in [-0.1, -0.05) is 75.4 Å². The van der Waals surface area contributed by atoms with Crippen LogP contribution in [0, 0.1) is 0 Å². The Kier molecular flexibility index (Phi) is 7.36. The summed E-state index contributed by atoms with van der Waals surface area (Å²) in [7, 11) is -1.42. The molecule has 0 saturated heterocycles. The lowest BCUT2D eigenvalue weighted by molar-refractivity contribution is 0.148. The molecule has 21 heavy (non-hydrogen) atoms. The molecule has 0 aliphatic rings. The first-order chi connectivity index (χ1) is 9.83. The first-order valence-corrected chi connectivity index (χ1v) is 11.5. The van der Waals surface area contributed by atoms with Crippen molar-refractivity contribution < 1.29 is 10.2 Å². The van der Waals surface area contributed by atoms with Crippen molar-refractivity contribution in [2.45, 2.75) is 64.5 Å². The van der Waals surface area contributed by atoms with Crippen LogP contribution in [0.25, 0.3) is 0 Å². The van der Waals surface area contributed by atoms with Crippen LogP contribution in [0.15, 0.2) is 41.6 Å². The maximum atomic E-state index is 10.4. The van der Waals surface area contributed by atoms with E-state index in [1.54, 1.807) is 0 Å². The molecule has 3 heteroatoms. The lowest BCUT2D eigenvalue weighted by atomic mass is 9.96. The molecule has 2 atom stereocenters. The Morgan fingerprint density at radius 3 is 2.29 bits per heavy atom. The van der Waals surface area contributed by atoms with Gasteiger partial charge in [-0.05, 0) is 17.6 Å². The van der Waals surface area contributed by atoms with Crippen molar-refractivity contribution in [2.75, 3.05) is 0 Å². The molecular formula is C18H30O2Si. The van der Waals surface area contributed by atoms with Crippen molar-refractivity contribution in [1.29, 1.82) is 0 Å². The normalized spacial score (nSPS) is 15.8. The zero-order valence-corrected chi connectivity index (χ0v) is 14.8. The number of hydrogen-bond acceptors (Lipinski definition) is 2. The van der Waals surface area contributed by atoms with Gasteiger partial charge >= 0.3 is 0 Å². The summed E-state index contributed by atoms with van der Waals surface area (Å²) in [5.41, 5.74) is 4.18. The molecule has 1 aromatic carbocycles. The largest absolute Gasteiger partial charge is 0.389 e. The number of aliphatic hydroxyl groups excluding tert-OH is 2. The number of benzene rings is 1. The van der Waals surface area contributed by atoms with Crippen molar-refractivity contribution in [2.24, 2.45) is 0 Å². The molecule has 118 valence electrons. The van der Waals surface area contributed by atoms with Crippen LogP contribution in [0.1, 0.15) is 44.3 Å². The summed E-state index contributed by atoms with van der Waals surface area (Å²) in [5.74, 6) is 0. The van der Waals surface area contributed by atoms with Gasteiger partial charge in [0.1, 0.15) is 0 Å². The third-order valence-corrected chi connectivity index (χ3v) is 4.73. The van der Waals surface area contributed by atoms with E-state index in [0.29, 0.717) is 6.42 Å². The summed E-state index contributed by atoms with van der Waals surface area (Å²) < 4.78 is 0. The zero-order valence-electron chi connectivity index (χ0n) is 13.8. The molecule has 0 spiro atoms. The van der Waals surface area contributed by atoms with E-state index in [9.17, 15) is 10.2 Å². The fourth-order valence-electron chi connectivity index (χ4n) is 2.45. The van der Waals surface area contributed by atoms with Crippen LogP contribution >= 0.6 is 0 Å². The van der Waals surface area contributed by atoms with Gasteiger partial charge in [-0.3, -0.25) is 0 Å². The molecule has 0 aromatic heterocycles. The van der Waals surface area contributed by atoms with E-state index in [2.05, 4.69) is 32.3 Å². The summed E-state index contributed by atoms with van der Waals surface area (Å²) >= 11 is 0. The van der Waals surface area contributed by atoms with E-state index in [4.69, 9.17) is 0 Å². The Morgan fingerprint density at radius 2 is 1.76 bits per heavy atom. The standard InChI is InChI=1S/C18H30O2Si/c1-5-6-12-17(19)16(14-21(2,3)4)13-18(20)15-10-8-7-9-11-15/h7-11,14,17-20H,5-6,12-13H2,1-4H3/b16-14+. The Labute approximate surface area is 130 Å². The second-order valence-electron chi connectivity index (χ2n) is 6.87. The molecule has 0 aliphatic heterocycles. The highest BCUT2D eigenvalue weighted by Crippen LogP contribution is 2.26. The van der Waals surface area contributed by atoms with E-state index >= 15 is 0 Å². The summed E-state index contributed by atoms with van der Waals surface area (Å²) in [6.07, 6.45) is 2.46. The predicted octanol–water partition coefficient (Wildman–Crippen LogP) is 4.47. The van der Waals surface area contributed by atoms with Crippen LogP contribution in [0.4, 0.5) is 0 Å². The molecule has 0 heterocycles. The molecule has 2 N–H and O–H groups in total. The highest BCUT2D eigenvalue weighted by molar-refractivity contribution is 6.81. The van der Waals surface area contributed by atoms with E-state index in [0.717, 1.165) is 30.4 Å². The van der Waals surface area contributed by atoms with Crippen LogP contribution in [-0.2, 0) is 0 Å². The smallest absolute Gasteiger partial charge is 0.0827 e. The minimum absolute atomic E-state index is 0.421. The van der Waals surface area contributed by atoms with Gasteiger partial charge in [-0.25, -0.2) is 0 Å². The van der Waals surface area contributed by atoms with Crippen molar-refractivity contribution in [3.05, 3.63) is 47.2 Å². The van der Waals surface area contributed by atoms with E-state index in [1.165, 1.54) is 0 Å². The molecule has 0 aliphatic carbocycles. The zero-order chi connectivity index (χ0) is 15.9. The Bertz CT molecular complexity index is 434. The summed E-state index contributed by atoms with van der Waals surface area (Å²) in [6.45, 7) is 8.91. The highest BCUT2D eigenvalue weighted by Gasteiger charge is 2.20. The second-order valence-corrected chi connectivity index (χ2v) is 11.9. The molecule has 0 saturated carbocycles. The van der Waals surface area contributed by atoms with Crippen LogP contribution in [0.2, 0.25) is 19.6 Å². The van der Waals surface area contributed by atoms with E-state index in [-0.39, 0.29) is 0 Å². The molecule has 0 radical (unpaired) electrons. The third kappa shape index (κ3) is 7.07. The van der Waals surface area contributed by atoms with Crippen molar-refractivity contribution in [3.8, 4) is 0 Å². The average Bonchev–Trinajstić information content (AvgIpc) is 2.43. The van der Waals surface area contributed by atoms with Gasteiger partial charge in [0.25, 0.3) is 0 Å². The first kappa shape index (κ1) is 18.1. The fourth-order valence-corrected chi connectivity index (χ4v) is 3.87. The first-order valence-electron chi connectivity index (χ1n) is 7.96. The molecule has 0 amide bonds. The quantitative estimate of drug-likeness (QED) is 0.696. The van der Waals surface area contributed by atoms with Crippen molar-refractivity contribution in [1.82, 2.24) is 0 Å². The van der Waals surface area contributed by atoms with E-state index < -0.39 is 20.3 Å². The van der Waals surface area contributed by atoms with Gasteiger partial charge in [-0.15, -0.1) is 0 Å². The number of rotatable bonds is 8. The molecular weight excluding hydrogens is 276 g/mol. The Morgan fingerprint density at radius 1 is 1.14 bits per heavy atom. The molecule has 2 nitrogen and oxygen atoms in total.